The van der Waals surface area contributed by atoms with E-state index in [1.807, 2.05) is 0 Å². The molecule has 2 aliphatic rings. The van der Waals surface area contributed by atoms with Crippen molar-refractivity contribution in [3.63, 3.8) is 0 Å². The van der Waals surface area contributed by atoms with Gasteiger partial charge in [-0.15, -0.1) is 12.2 Å². The normalized spacial score (nSPS) is 21.3. The first-order valence-electron chi connectivity index (χ1n) is 8.06. The quantitative estimate of drug-likeness (QED) is 0.629. The largest absolute Gasteiger partial charge is 0.399 e. The molecule has 22 heavy (non-hydrogen) atoms. The van der Waals surface area contributed by atoms with E-state index in [1.54, 1.807) is 0 Å². The third-order valence-electron chi connectivity index (χ3n) is 4.67. The lowest BCUT2D eigenvalue weighted by atomic mass is 9.81. The molecule has 2 N–H and O–H groups in total. The van der Waals surface area contributed by atoms with Crippen LogP contribution in [0.3, 0.4) is 0 Å². The van der Waals surface area contributed by atoms with Gasteiger partial charge in [0.2, 0.25) is 0 Å². The highest BCUT2D eigenvalue weighted by Gasteiger charge is 2.35. The lowest BCUT2D eigenvalue weighted by Crippen LogP contribution is -2.40. The molecule has 2 heteroatoms. The van der Waals surface area contributed by atoms with Gasteiger partial charge in [-0.05, 0) is 49.0 Å². The van der Waals surface area contributed by atoms with Gasteiger partial charge in [-0.2, -0.15) is 0 Å². The average molecular weight is 294 g/mol. The molecule has 116 valence electrons. The summed E-state index contributed by atoms with van der Waals surface area (Å²) in [5, 5.41) is 0. The molecule has 2 nitrogen and oxygen atoms in total. The maximum atomic E-state index is 6.14. The van der Waals surface area contributed by atoms with Gasteiger partial charge in [-0.25, -0.2) is 0 Å². The van der Waals surface area contributed by atoms with Crippen molar-refractivity contribution in [3.8, 4) is 12.3 Å². The Morgan fingerprint density at radius 2 is 2.23 bits per heavy atom. The standard InChI is InChI=1S/C20H26N2/c1-6-14(4)9-10-17-13-22(12-11-16(17)7-2)20-15(5)18(8-3)19(20)21/h3,10,18H,5-7,11-13,21H2,1-2,4H3. The Labute approximate surface area is 134 Å². The highest BCUT2D eigenvalue weighted by Crippen LogP contribution is 2.39. The highest BCUT2D eigenvalue weighted by molar-refractivity contribution is 5.53. The van der Waals surface area contributed by atoms with Crippen LogP contribution < -0.4 is 5.73 Å². The summed E-state index contributed by atoms with van der Waals surface area (Å²) in [5.41, 5.74) is 16.6. The molecule has 1 aliphatic carbocycles. The van der Waals surface area contributed by atoms with E-state index in [-0.39, 0.29) is 5.92 Å². The minimum absolute atomic E-state index is 0.0761. The van der Waals surface area contributed by atoms with E-state index >= 15 is 0 Å². The van der Waals surface area contributed by atoms with E-state index in [2.05, 4.69) is 50.0 Å². The van der Waals surface area contributed by atoms with Crippen molar-refractivity contribution in [1.29, 1.82) is 0 Å². The third kappa shape index (κ3) is 2.91. The molecular formula is C20H26N2. The van der Waals surface area contributed by atoms with Crippen LogP contribution in [0.5, 0.6) is 0 Å². The van der Waals surface area contributed by atoms with E-state index in [9.17, 15) is 0 Å². The predicted molar refractivity (Wildman–Crippen MR) is 93.7 cm³/mol. The minimum Gasteiger partial charge on any atom is -0.399 e. The van der Waals surface area contributed by atoms with Gasteiger partial charge in [0.1, 0.15) is 0 Å². The van der Waals surface area contributed by atoms with Crippen LogP contribution in [0.25, 0.3) is 0 Å². The van der Waals surface area contributed by atoms with Crippen LogP contribution in [-0.2, 0) is 0 Å². The summed E-state index contributed by atoms with van der Waals surface area (Å²) >= 11 is 0. The maximum absolute atomic E-state index is 6.14. The SMILES string of the molecule is C#CC1C(=C)C(N2CCC(CC)=C(C=C=C(C)CC)C2)=C1N. The maximum Gasteiger partial charge on any atom is 0.0879 e. The molecule has 0 aromatic heterocycles. The number of rotatable bonds is 4. The summed E-state index contributed by atoms with van der Waals surface area (Å²) in [6.07, 6.45) is 10.9. The lowest BCUT2D eigenvalue weighted by molar-refractivity contribution is 0.341. The molecule has 1 atom stereocenters. The van der Waals surface area contributed by atoms with Gasteiger partial charge in [0.25, 0.3) is 0 Å². The molecule has 0 aromatic carbocycles. The molecule has 1 aliphatic heterocycles. The van der Waals surface area contributed by atoms with Gasteiger partial charge in [0.15, 0.2) is 0 Å². The van der Waals surface area contributed by atoms with Crippen molar-refractivity contribution in [2.45, 2.75) is 40.0 Å². The molecular weight excluding hydrogens is 268 g/mol. The molecule has 0 aromatic rings. The summed E-state index contributed by atoms with van der Waals surface area (Å²) in [7, 11) is 0. The Balaban J connectivity index is 2.27. The van der Waals surface area contributed by atoms with Crippen LogP contribution in [0.15, 0.2) is 52.1 Å². The smallest absolute Gasteiger partial charge is 0.0879 e. The molecule has 0 amide bonds. The number of nitrogens with zero attached hydrogens (tertiary/aromatic N) is 1. The monoisotopic (exact) mass is 294 g/mol. The zero-order valence-corrected chi connectivity index (χ0v) is 14.0. The first-order valence-corrected chi connectivity index (χ1v) is 8.06. The number of nitrogens with two attached hydrogens (primary N) is 1. The van der Waals surface area contributed by atoms with E-state index < -0.39 is 0 Å². The van der Waals surface area contributed by atoms with Gasteiger partial charge in [-0.3, -0.25) is 0 Å². The second-order valence-corrected chi connectivity index (χ2v) is 6.01. The van der Waals surface area contributed by atoms with Crippen LogP contribution in [0.4, 0.5) is 0 Å². The molecule has 0 spiro atoms. The average Bonchev–Trinajstić information content (AvgIpc) is 2.53. The third-order valence-corrected chi connectivity index (χ3v) is 4.67. The molecule has 1 unspecified atom stereocenters. The van der Waals surface area contributed by atoms with E-state index in [0.717, 1.165) is 49.3 Å². The summed E-state index contributed by atoms with van der Waals surface area (Å²) in [5.74, 6) is 2.63. The fourth-order valence-corrected chi connectivity index (χ4v) is 3.03. The Hall–Kier alpha value is -2.10. The Kier molecular flexibility index (Phi) is 5.01. The van der Waals surface area contributed by atoms with Crippen LogP contribution in [0.1, 0.15) is 40.0 Å². The number of hydrogen-bond donors (Lipinski definition) is 1. The van der Waals surface area contributed by atoms with Crippen molar-refractivity contribution >= 4 is 0 Å². The molecule has 0 fully saturated rings. The molecule has 1 heterocycles. The fourth-order valence-electron chi connectivity index (χ4n) is 3.03. The zero-order valence-electron chi connectivity index (χ0n) is 14.0. The fraction of sp³-hybridized carbons (Fsp3) is 0.450. The summed E-state index contributed by atoms with van der Waals surface area (Å²) in [4.78, 5) is 2.32. The van der Waals surface area contributed by atoms with Crippen molar-refractivity contribution < 1.29 is 0 Å². The topological polar surface area (TPSA) is 29.3 Å². The van der Waals surface area contributed by atoms with Crippen LogP contribution in [0, 0.1) is 18.3 Å². The molecule has 2 rings (SSSR count). The Morgan fingerprint density at radius 3 is 2.77 bits per heavy atom. The highest BCUT2D eigenvalue weighted by atomic mass is 15.2. The zero-order chi connectivity index (χ0) is 16.3. The second-order valence-electron chi connectivity index (χ2n) is 6.01. The molecule has 0 saturated carbocycles. The number of allylic oxidation sites excluding steroid dienone is 2. The summed E-state index contributed by atoms with van der Waals surface area (Å²) in [6, 6.07) is 0. The van der Waals surface area contributed by atoms with E-state index in [1.165, 1.54) is 16.7 Å². The number of terminal acetylenes is 1. The second kappa shape index (κ2) is 6.77. The van der Waals surface area contributed by atoms with Gasteiger partial charge < -0.3 is 10.6 Å². The number of hydrogen-bond acceptors (Lipinski definition) is 2. The molecule has 0 bridgehead atoms. The molecule has 0 saturated heterocycles. The minimum atomic E-state index is -0.0761. The van der Waals surface area contributed by atoms with Crippen molar-refractivity contribution in [2.75, 3.05) is 13.1 Å². The van der Waals surface area contributed by atoms with Crippen LogP contribution in [-0.4, -0.2) is 18.0 Å². The van der Waals surface area contributed by atoms with E-state index in [0.29, 0.717) is 0 Å². The first kappa shape index (κ1) is 16.3. The van der Waals surface area contributed by atoms with Crippen molar-refractivity contribution in [3.05, 3.63) is 52.1 Å². The van der Waals surface area contributed by atoms with Gasteiger partial charge in [-0.1, -0.05) is 31.9 Å². The van der Waals surface area contributed by atoms with Gasteiger partial charge in [0.05, 0.1) is 17.3 Å². The van der Waals surface area contributed by atoms with E-state index in [4.69, 9.17) is 12.2 Å². The van der Waals surface area contributed by atoms with Gasteiger partial charge >= 0.3 is 0 Å². The summed E-state index contributed by atoms with van der Waals surface area (Å²) in [6.45, 7) is 12.5. The lowest BCUT2D eigenvalue weighted by Gasteiger charge is -2.41. The van der Waals surface area contributed by atoms with Gasteiger partial charge in [0, 0.05) is 13.1 Å². The van der Waals surface area contributed by atoms with Crippen LogP contribution in [0.2, 0.25) is 0 Å². The summed E-state index contributed by atoms with van der Waals surface area (Å²) < 4.78 is 0. The van der Waals surface area contributed by atoms with Crippen molar-refractivity contribution in [2.24, 2.45) is 11.7 Å². The first-order chi connectivity index (χ1) is 10.5. The predicted octanol–water partition coefficient (Wildman–Crippen LogP) is 3.90. The van der Waals surface area contributed by atoms with Crippen LogP contribution >= 0.6 is 0 Å². The van der Waals surface area contributed by atoms with Crippen molar-refractivity contribution in [1.82, 2.24) is 4.90 Å². The Bertz CT molecular complexity index is 646. The Morgan fingerprint density at radius 1 is 1.50 bits per heavy atom. The molecule has 0 radical (unpaired) electrons.